The second-order valence-electron chi connectivity index (χ2n) is 6.42. The van der Waals surface area contributed by atoms with Gasteiger partial charge < -0.3 is 15.0 Å². The topological polar surface area (TPSA) is 58.6 Å². The van der Waals surface area contributed by atoms with E-state index in [-0.39, 0.29) is 18.4 Å². The molecule has 5 heteroatoms. The number of hydrogen-bond donors (Lipinski definition) is 1. The summed E-state index contributed by atoms with van der Waals surface area (Å²) in [6, 6.07) is 16.4. The highest BCUT2D eigenvalue weighted by Crippen LogP contribution is 2.21. The Morgan fingerprint density at radius 3 is 2.12 bits per heavy atom. The first-order chi connectivity index (χ1) is 12.7. The Labute approximate surface area is 154 Å². The average Bonchev–Trinajstić information content (AvgIpc) is 2.97. The van der Waals surface area contributed by atoms with Crippen molar-refractivity contribution >= 4 is 11.8 Å². The molecule has 0 aromatic heterocycles. The summed E-state index contributed by atoms with van der Waals surface area (Å²) in [6.07, 6.45) is 4.44. The lowest BCUT2D eigenvalue weighted by molar-refractivity contribution is -0.130. The Bertz CT molecular complexity index is 721. The molecule has 1 N–H and O–H groups in total. The van der Waals surface area contributed by atoms with Gasteiger partial charge in [-0.15, -0.1) is 0 Å². The molecule has 1 heterocycles. The molecular formula is C21H24N2O3. The van der Waals surface area contributed by atoms with Crippen molar-refractivity contribution in [1.82, 2.24) is 10.2 Å². The fourth-order valence-corrected chi connectivity index (χ4v) is 2.99. The summed E-state index contributed by atoms with van der Waals surface area (Å²) in [7, 11) is 0. The summed E-state index contributed by atoms with van der Waals surface area (Å²) in [5, 5.41) is 2.71. The molecule has 0 unspecified atom stereocenters. The van der Waals surface area contributed by atoms with Crippen LogP contribution in [0.15, 0.2) is 54.6 Å². The Kier molecular flexibility index (Phi) is 6.25. The van der Waals surface area contributed by atoms with Crippen molar-refractivity contribution in [3.8, 4) is 11.5 Å². The molecule has 26 heavy (non-hydrogen) atoms. The molecule has 1 aliphatic rings. The number of nitrogens with zero attached hydrogens (tertiary/aromatic N) is 1. The van der Waals surface area contributed by atoms with Gasteiger partial charge >= 0.3 is 0 Å². The van der Waals surface area contributed by atoms with Gasteiger partial charge in [0, 0.05) is 18.7 Å². The third-order valence-electron chi connectivity index (χ3n) is 4.45. The van der Waals surface area contributed by atoms with Gasteiger partial charge in [-0.3, -0.25) is 9.59 Å². The molecule has 0 atom stereocenters. The van der Waals surface area contributed by atoms with Crippen LogP contribution in [0.4, 0.5) is 0 Å². The molecule has 1 aliphatic heterocycles. The van der Waals surface area contributed by atoms with Crippen LogP contribution in [0, 0.1) is 0 Å². The normalized spacial score (nSPS) is 14.4. The molecule has 0 spiro atoms. The maximum atomic E-state index is 12.2. The van der Waals surface area contributed by atoms with Crippen LogP contribution in [0.3, 0.4) is 0 Å². The van der Waals surface area contributed by atoms with E-state index in [0.29, 0.717) is 11.3 Å². The molecule has 1 fully saturated rings. The monoisotopic (exact) mass is 352 g/mol. The van der Waals surface area contributed by atoms with Crippen LogP contribution in [-0.4, -0.2) is 36.3 Å². The van der Waals surface area contributed by atoms with Crippen LogP contribution in [0.25, 0.3) is 0 Å². The van der Waals surface area contributed by atoms with Gasteiger partial charge in [-0.05, 0) is 49.2 Å². The van der Waals surface area contributed by atoms with Crippen molar-refractivity contribution in [2.45, 2.75) is 25.7 Å². The number of carbonyl (C=O) groups is 2. The van der Waals surface area contributed by atoms with Gasteiger partial charge in [-0.2, -0.15) is 0 Å². The maximum absolute atomic E-state index is 12.2. The number of ether oxygens (including phenoxy) is 1. The first-order valence-corrected chi connectivity index (χ1v) is 9.11. The summed E-state index contributed by atoms with van der Waals surface area (Å²) in [5.41, 5.74) is 0.508. The van der Waals surface area contributed by atoms with Gasteiger partial charge in [0.1, 0.15) is 11.5 Å². The molecule has 1 saturated heterocycles. The Morgan fingerprint density at radius 1 is 0.846 bits per heavy atom. The predicted molar refractivity (Wildman–Crippen MR) is 100 cm³/mol. The standard InChI is InChI=1S/C21H24N2O3/c24-20(23-14-6-1-2-7-15-23)16-22-21(25)17-10-12-19(13-11-17)26-18-8-4-3-5-9-18/h3-5,8-13H,1-2,6-7,14-16H2,(H,22,25). The Morgan fingerprint density at radius 2 is 1.46 bits per heavy atom. The highest BCUT2D eigenvalue weighted by Gasteiger charge is 2.16. The van der Waals surface area contributed by atoms with Gasteiger partial charge in [0.15, 0.2) is 0 Å². The van der Waals surface area contributed by atoms with Crippen molar-refractivity contribution < 1.29 is 14.3 Å². The Balaban J connectivity index is 1.50. The van der Waals surface area contributed by atoms with E-state index in [1.165, 1.54) is 12.8 Å². The van der Waals surface area contributed by atoms with E-state index in [1.807, 2.05) is 35.2 Å². The third kappa shape index (κ3) is 5.09. The van der Waals surface area contributed by atoms with Gasteiger partial charge in [-0.1, -0.05) is 31.0 Å². The molecule has 5 nitrogen and oxygen atoms in total. The van der Waals surface area contributed by atoms with E-state index in [4.69, 9.17) is 4.74 Å². The summed E-state index contributed by atoms with van der Waals surface area (Å²) < 4.78 is 5.71. The van der Waals surface area contributed by atoms with Crippen molar-refractivity contribution in [1.29, 1.82) is 0 Å². The molecule has 2 aromatic carbocycles. The second-order valence-corrected chi connectivity index (χ2v) is 6.42. The maximum Gasteiger partial charge on any atom is 0.251 e. The minimum atomic E-state index is -0.251. The van der Waals surface area contributed by atoms with Gasteiger partial charge in [0.2, 0.25) is 5.91 Å². The van der Waals surface area contributed by atoms with Crippen LogP contribution < -0.4 is 10.1 Å². The number of hydrogen-bond acceptors (Lipinski definition) is 3. The predicted octanol–water partition coefficient (Wildman–Crippen LogP) is 3.61. The lowest BCUT2D eigenvalue weighted by Gasteiger charge is -2.20. The van der Waals surface area contributed by atoms with Crippen molar-refractivity contribution in [2.24, 2.45) is 0 Å². The molecule has 0 aliphatic carbocycles. The highest BCUT2D eigenvalue weighted by molar-refractivity contribution is 5.96. The molecule has 3 rings (SSSR count). The van der Waals surface area contributed by atoms with Gasteiger partial charge in [-0.25, -0.2) is 0 Å². The molecule has 136 valence electrons. The molecule has 0 saturated carbocycles. The van der Waals surface area contributed by atoms with Crippen LogP contribution in [0.2, 0.25) is 0 Å². The zero-order chi connectivity index (χ0) is 18.2. The summed E-state index contributed by atoms with van der Waals surface area (Å²) >= 11 is 0. The summed E-state index contributed by atoms with van der Waals surface area (Å²) in [6.45, 7) is 1.63. The van der Waals surface area contributed by atoms with E-state index in [0.717, 1.165) is 31.7 Å². The molecule has 0 bridgehead atoms. The fraction of sp³-hybridized carbons (Fsp3) is 0.333. The number of benzene rings is 2. The van der Waals surface area contributed by atoms with Crippen LogP contribution in [0.1, 0.15) is 36.0 Å². The van der Waals surface area contributed by atoms with Crippen LogP contribution >= 0.6 is 0 Å². The lowest BCUT2D eigenvalue weighted by Crippen LogP contribution is -2.40. The van der Waals surface area contributed by atoms with Crippen LogP contribution in [-0.2, 0) is 4.79 Å². The minimum absolute atomic E-state index is 0.00992. The molecule has 2 amide bonds. The smallest absolute Gasteiger partial charge is 0.251 e. The first kappa shape index (κ1) is 18.0. The summed E-state index contributed by atoms with van der Waals surface area (Å²) in [4.78, 5) is 26.3. The third-order valence-corrected chi connectivity index (χ3v) is 4.45. The number of carbonyl (C=O) groups excluding carboxylic acids is 2. The fourth-order valence-electron chi connectivity index (χ4n) is 2.99. The van der Waals surface area contributed by atoms with Gasteiger partial charge in [0.25, 0.3) is 5.91 Å². The van der Waals surface area contributed by atoms with Crippen molar-refractivity contribution in [3.63, 3.8) is 0 Å². The molecule has 2 aromatic rings. The lowest BCUT2D eigenvalue weighted by atomic mass is 10.2. The van der Waals surface area contributed by atoms with E-state index in [2.05, 4.69) is 5.32 Å². The van der Waals surface area contributed by atoms with E-state index in [9.17, 15) is 9.59 Å². The molecular weight excluding hydrogens is 328 g/mol. The van der Waals surface area contributed by atoms with Crippen molar-refractivity contribution in [2.75, 3.05) is 19.6 Å². The number of likely N-dealkylation sites (tertiary alicyclic amines) is 1. The second kappa shape index (κ2) is 9.04. The quantitative estimate of drug-likeness (QED) is 0.894. The average molecular weight is 352 g/mol. The number of amides is 2. The Hall–Kier alpha value is -2.82. The SMILES string of the molecule is O=C(NCC(=O)N1CCCCCC1)c1ccc(Oc2ccccc2)cc1. The molecule has 0 radical (unpaired) electrons. The highest BCUT2D eigenvalue weighted by atomic mass is 16.5. The number of para-hydroxylation sites is 1. The van der Waals surface area contributed by atoms with E-state index in [1.54, 1.807) is 24.3 Å². The van der Waals surface area contributed by atoms with E-state index < -0.39 is 0 Å². The number of rotatable bonds is 5. The zero-order valence-electron chi connectivity index (χ0n) is 14.8. The summed E-state index contributed by atoms with van der Waals surface area (Å²) in [5.74, 6) is 1.14. The first-order valence-electron chi connectivity index (χ1n) is 9.11. The minimum Gasteiger partial charge on any atom is -0.457 e. The largest absolute Gasteiger partial charge is 0.457 e. The number of nitrogens with one attached hydrogen (secondary N) is 1. The van der Waals surface area contributed by atoms with Crippen molar-refractivity contribution in [3.05, 3.63) is 60.2 Å². The zero-order valence-corrected chi connectivity index (χ0v) is 14.8. The van der Waals surface area contributed by atoms with Crippen LogP contribution in [0.5, 0.6) is 11.5 Å². The van der Waals surface area contributed by atoms with E-state index >= 15 is 0 Å². The van der Waals surface area contributed by atoms with Gasteiger partial charge in [0.05, 0.1) is 6.54 Å².